The van der Waals surface area contributed by atoms with E-state index in [4.69, 9.17) is 4.74 Å². The van der Waals surface area contributed by atoms with Crippen LogP contribution in [0.2, 0.25) is 0 Å². The van der Waals surface area contributed by atoms with Crippen molar-refractivity contribution in [1.82, 2.24) is 0 Å². The summed E-state index contributed by atoms with van der Waals surface area (Å²) in [6.07, 6.45) is 0. The van der Waals surface area contributed by atoms with Gasteiger partial charge in [0.25, 0.3) is 0 Å². The van der Waals surface area contributed by atoms with Gasteiger partial charge < -0.3 is 9.64 Å². The molecule has 0 bridgehead atoms. The van der Waals surface area contributed by atoms with Crippen LogP contribution in [0.1, 0.15) is 0 Å². The zero-order valence-corrected chi connectivity index (χ0v) is 26.3. The molecule has 1 aliphatic rings. The summed E-state index contributed by atoms with van der Waals surface area (Å²) in [5, 5.41) is 2.32. The number of anilines is 3. The fourth-order valence-electron chi connectivity index (χ4n) is 6.88. The molecule has 0 aliphatic carbocycles. The van der Waals surface area contributed by atoms with E-state index in [1.807, 2.05) is 0 Å². The van der Waals surface area contributed by atoms with Crippen LogP contribution in [0, 0.1) is 0 Å². The maximum Gasteiger partial charge on any atom is 0.136 e. The van der Waals surface area contributed by atoms with Crippen LogP contribution in [0.5, 0.6) is 11.5 Å². The Hall–Kier alpha value is -6.38. The third kappa shape index (κ3) is 5.01. The molecule has 1 heterocycles. The van der Waals surface area contributed by atoms with Crippen LogP contribution in [0.3, 0.4) is 0 Å². The molecule has 0 fully saturated rings. The Morgan fingerprint density at radius 2 is 0.812 bits per heavy atom. The van der Waals surface area contributed by atoms with Gasteiger partial charge in [-0.25, -0.2) is 0 Å². The number of rotatable bonds is 6. The number of hydrogen-bond donors (Lipinski definition) is 0. The van der Waals surface area contributed by atoms with Crippen LogP contribution in [0.25, 0.3) is 55.3 Å². The van der Waals surface area contributed by atoms with Gasteiger partial charge in [0.05, 0.1) is 0 Å². The lowest BCUT2D eigenvalue weighted by Crippen LogP contribution is -2.10. The molecular formula is C46H31NO. The van der Waals surface area contributed by atoms with Crippen molar-refractivity contribution in [2.75, 3.05) is 4.90 Å². The third-order valence-electron chi connectivity index (χ3n) is 9.24. The summed E-state index contributed by atoms with van der Waals surface area (Å²) in [6, 6.07) is 66.8. The van der Waals surface area contributed by atoms with E-state index in [1.165, 1.54) is 38.8 Å². The van der Waals surface area contributed by atoms with Crippen molar-refractivity contribution in [3.05, 3.63) is 188 Å². The summed E-state index contributed by atoms with van der Waals surface area (Å²) in [5.41, 5.74) is 12.6. The summed E-state index contributed by atoms with van der Waals surface area (Å²) >= 11 is 0. The number of fused-ring (bicyclic) bond motifs is 2. The molecule has 8 aromatic rings. The maximum atomic E-state index is 6.67. The summed E-state index contributed by atoms with van der Waals surface area (Å²) in [6.45, 7) is 0. The zero-order chi connectivity index (χ0) is 31.9. The molecule has 0 saturated heterocycles. The Balaban J connectivity index is 1.16. The van der Waals surface area contributed by atoms with Gasteiger partial charge in [0, 0.05) is 28.0 Å². The van der Waals surface area contributed by atoms with Gasteiger partial charge in [-0.3, -0.25) is 0 Å². The summed E-state index contributed by atoms with van der Waals surface area (Å²) in [7, 11) is 0. The van der Waals surface area contributed by atoms with Crippen molar-refractivity contribution in [1.29, 1.82) is 0 Å². The van der Waals surface area contributed by atoms with Gasteiger partial charge in [-0.2, -0.15) is 0 Å². The molecule has 0 spiro atoms. The highest BCUT2D eigenvalue weighted by atomic mass is 16.5. The highest BCUT2D eigenvalue weighted by molar-refractivity contribution is 6.06. The first kappa shape index (κ1) is 27.9. The average Bonchev–Trinajstić information content (AvgIpc) is 3.17. The number of hydrogen-bond acceptors (Lipinski definition) is 2. The van der Waals surface area contributed by atoms with E-state index in [9.17, 15) is 0 Å². The van der Waals surface area contributed by atoms with E-state index in [0.717, 1.165) is 45.1 Å². The Labute approximate surface area is 280 Å². The lowest BCUT2D eigenvalue weighted by molar-refractivity contribution is 0.487. The number of benzene rings is 8. The average molecular weight is 614 g/mol. The summed E-state index contributed by atoms with van der Waals surface area (Å²) in [5.74, 6) is 1.76. The fraction of sp³-hybridized carbons (Fsp3) is 0. The standard InChI is InChI=1S/C46H31NO/c1-4-11-32(12-5-1)35-19-23-39(24-20-35)47(40-25-21-36(22-26-40)33-13-6-2-7-14-33)41-27-28-44-43(31-41)42-18-10-17-37-29-38(30-45(48-44)46(37)42)34-15-8-3-9-16-34/h1-31H. The number of ether oxygens (including phenoxy) is 1. The second-order valence-electron chi connectivity index (χ2n) is 12.2. The van der Waals surface area contributed by atoms with Gasteiger partial charge in [-0.1, -0.05) is 133 Å². The third-order valence-corrected chi connectivity index (χ3v) is 9.24. The largest absolute Gasteiger partial charge is 0.456 e. The second-order valence-corrected chi connectivity index (χ2v) is 12.2. The van der Waals surface area contributed by atoms with Gasteiger partial charge >= 0.3 is 0 Å². The van der Waals surface area contributed by atoms with E-state index < -0.39 is 0 Å². The zero-order valence-electron chi connectivity index (χ0n) is 26.3. The molecule has 0 unspecified atom stereocenters. The Bertz CT molecular complexity index is 2300. The molecule has 226 valence electrons. The summed E-state index contributed by atoms with van der Waals surface area (Å²) in [4.78, 5) is 2.33. The Kier molecular flexibility index (Phi) is 6.84. The molecule has 0 aromatic heterocycles. The molecule has 8 aromatic carbocycles. The minimum atomic E-state index is 0.864. The Morgan fingerprint density at radius 1 is 0.312 bits per heavy atom. The quantitative estimate of drug-likeness (QED) is 0.185. The molecule has 0 amide bonds. The van der Waals surface area contributed by atoms with Gasteiger partial charge in [0.15, 0.2) is 0 Å². The van der Waals surface area contributed by atoms with E-state index >= 15 is 0 Å². The number of nitrogens with zero attached hydrogens (tertiary/aromatic N) is 1. The molecule has 0 atom stereocenters. The molecular weight excluding hydrogens is 583 g/mol. The van der Waals surface area contributed by atoms with E-state index in [1.54, 1.807) is 0 Å². The molecule has 0 radical (unpaired) electrons. The second kappa shape index (κ2) is 11.8. The Morgan fingerprint density at radius 3 is 1.38 bits per heavy atom. The molecule has 0 N–H and O–H groups in total. The van der Waals surface area contributed by atoms with Crippen LogP contribution in [-0.4, -0.2) is 0 Å². The predicted molar refractivity (Wildman–Crippen MR) is 200 cm³/mol. The maximum absolute atomic E-state index is 6.67. The summed E-state index contributed by atoms with van der Waals surface area (Å²) < 4.78 is 6.67. The SMILES string of the molecule is c1ccc(-c2ccc(N(c3ccc(-c4ccccc4)cc3)c3ccc4c(c3)-c3cccc5cc(-c6ccccc6)cc(c35)O4)cc2)cc1. The highest BCUT2D eigenvalue weighted by Gasteiger charge is 2.23. The smallest absolute Gasteiger partial charge is 0.136 e. The van der Waals surface area contributed by atoms with Crippen molar-refractivity contribution in [3.8, 4) is 56.0 Å². The van der Waals surface area contributed by atoms with E-state index in [2.05, 4.69) is 193 Å². The lowest BCUT2D eigenvalue weighted by Gasteiger charge is -2.28. The first-order valence-corrected chi connectivity index (χ1v) is 16.3. The van der Waals surface area contributed by atoms with Gasteiger partial charge in [0.2, 0.25) is 0 Å². The van der Waals surface area contributed by atoms with Crippen LogP contribution in [-0.2, 0) is 0 Å². The van der Waals surface area contributed by atoms with Crippen LogP contribution in [0.15, 0.2) is 188 Å². The fourth-order valence-corrected chi connectivity index (χ4v) is 6.88. The molecule has 1 aliphatic heterocycles. The molecule has 0 saturated carbocycles. The van der Waals surface area contributed by atoms with E-state index in [-0.39, 0.29) is 0 Å². The molecule has 2 nitrogen and oxygen atoms in total. The van der Waals surface area contributed by atoms with Gasteiger partial charge in [0.1, 0.15) is 11.5 Å². The molecule has 48 heavy (non-hydrogen) atoms. The van der Waals surface area contributed by atoms with Gasteiger partial charge in [-0.15, -0.1) is 0 Å². The van der Waals surface area contributed by atoms with Crippen molar-refractivity contribution >= 4 is 27.8 Å². The van der Waals surface area contributed by atoms with Crippen molar-refractivity contribution in [3.63, 3.8) is 0 Å². The molecule has 9 rings (SSSR count). The van der Waals surface area contributed by atoms with Crippen molar-refractivity contribution < 1.29 is 4.74 Å². The first-order valence-electron chi connectivity index (χ1n) is 16.3. The van der Waals surface area contributed by atoms with Crippen LogP contribution < -0.4 is 9.64 Å². The monoisotopic (exact) mass is 613 g/mol. The predicted octanol–water partition coefficient (Wildman–Crippen LogP) is 13.1. The van der Waals surface area contributed by atoms with E-state index in [0.29, 0.717) is 0 Å². The molecule has 2 heteroatoms. The van der Waals surface area contributed by atoms with Crippen molar-refractivity contribution in [2.45, 2.75) is 0 Å². The lowest BCUT2D eigenvalue weighted by atomic mass is 9.92. The normalized spacial score (nSPS) is 11.5. The van der Waals surface area contributed by atoms with Crippen LogP contribution in [0.4, 0.5) is 17.1 Å². The van der Waals surface area contributed by atoms with Crippen LogP contribution >= 0.6 is 0 Å². The minimum absolute atomic E-state index is 0.864. The minimum Gasteiger partial charge on any atom is -0.456 e. The topological polar surface area (TPSA) is 12.5 Å². The first-order chi connectivity index (χ1) is 23.8. The van der Waals surface area contributed by atoms with Crippen molar-refractivity contribution in [2.24, 2.45) is 0 Å². The highest BCUT2D eigenvalue weighted by Crippen LogP contribution is 2.50. The van der Waals surface area contributed by atoms with Gasteiger partial charge in [-0.05, 0) is 98.9 Å².